The van der Waals surface area contributed by atoms with Crippen molar-refractivity contribution in [3.8, 4) is 0 Å². The lowest BCUT2D eigenvalue weighted by molar-refractivity contribution is -0.125. The molecular formula is C19H23N3O2S. The van der Waals surface area contributed by atoms with Gasteiger partial charge in [-0.15, -0.1) is 11.3 Å². The van der Waals surface area contributed by atoms with Crippen LogP contribution < -0.4 is 5.32 Å². The molecule has 0 fully saturated rings. The van der Waals surface area contributed by atoms with Gasteiger partial charge in [-0.05, 0) is 43.0 Å². The van der Waals surface area contributed by atoms with E-state index in [0.717, 1.165) is 41.8 Å². The second-order valence-electron chi connectivity index (χ2n) is 6.56. The highest BCUT2D eigenvalue weighted by atomic mass is 32.1. The van der Waals surface area contributed by atoms with Gasteiger partial charge in [-0.25, -0.2) is 0 Å². The molecule has 0 spiro atoms. The Morgan fingerprint density at radius 1 is 1.36 bits per heavy atom. The topological polar surface area (TPSA) is 62.3 Å². The molecule has 0 aromatic carbocycles. The molecule has 0 saturated carbocycles. The van der Waals surface area contributed by atoms with E-state index in [9.17, 15) is 9.59 Å². The van der Waals surface area contributed by atoms with Crippen LogP contribution in [-0.2, 0) is 24.1 Å². The number of pyridine rings is 1. The van der Waals surface area contributed by atoms with Gasteiger partial charge in [-0.2, -0.15) is 0 Å². The molecular weight excluding hydrogens is 334 g/mol. The summed E-state index contributed by atoms with van der Waals surface area (Å²) in [5.41, 5.74) is 2.14. The van der Waals surface area contributed by atoms with Crippen molar-refractivity contribution in [3.05, 3.63) is 51.5 Å². The monoisotopic (exact) mass is 357 g/mol. The third-order valence-electron chi connectivity index (χ3n) is 4.48. The molecule has 2 aromatic heterocycles. The zero-order valence-corrected chi connectivity index (χ0v) is 15.4. The second-order valence-corrected chi connectivity index (χ2v) is 7.70. The van der Waals surface area contributed by atoms with Gasteiger partial charge in [-0.1, -0.05) is 6.07 Å². The van der Waals surface area contributed by atoms with Crippen LogP contribution in [0.25, 0.3) is 0 Å². The Labute approximate surface area is 152 Å². The number of carbonyl (C=O) groups is 2. The molecule has 1 aliphatic rings. The van der Waals surface area contributed by atoms with E-state index in [4.69, 9.17) is 0 Å². The first-order valence-electron chi connectivity index (χ1n) is 8.55. The summed E-state index contributed by atoms with van der Waals surface area (Å²) >= 11 is 1.57. The Bertz CT molecular complexity index is 755. The van der Waals surface area contributed by atoms with Crippen LogP contribution in [-0.4, -0.2) is 42.3 Å². The maximum absolute atomic E-state index is 12.4. The summed E-state index contributed by atoms with van der Waals surface area (Å²) in [7, 11) is 3.53. The Kier molecular flexibility index (Phi) is 5.48. The zero-order valence-electron chi connectivity index (χ0n) is 14.6. The van der Waals surface area contributed by atoms with Gasteiger partial charge in [0.05, 0.1) is 4.88 Å². The van der Waals surface area contributed by atoms with E-state index in [0.29, 0.717) is 6.54 Å². The van der Waals surface area contributed by atoms with Crippen molar-refractivity contribution in [1.82, 2.24) is 15.2 Å². The van der Waals surface area contributed by atoms with Crippen LogP contribution in [0.5, 0.6) is 0 Å². The van der Waals surface area contributed by atoms with Crippen molar-refractivity contribution in [2.75, 3.05) is 20.6 Å². The average Bonchev–Trinajstić information content (AvgIpc) is 3.04. The van der Waals surface area contributed by atoms with Gasteiger partial charge in [0, 0.05) is 49.7 Å². The van der Waals surface area contributed by atoms with Crippen LogP contribution >= 0.6 is 11.3 Å². The van der Waals surface area contributed by atoms with E-state index in [-0.39, 0.29) is 17.7 Å². The lowest BCUT2D eigenvalue weighted by Crippen LogP contribution is -2.35. The molecule has 5 nitrogen and oxygen atoms in total. The predicted octanol–water partition coefficient (Wildman–Crippen LogP) is 2.31. The van der Waals surface area contributed by atoms with E-state index in [1.54, 1.807) is 36.5 Å². The van der Waals surface area contributed by atoms with Crippen molar-refractivity contribution < 1.29 is 9.59 Å². The van der Waals surface area contributed by atoms with Crippen molar-refractivity contribution >= 4 is 23.2 Å². The number of carbonyl (C=O) groups excluding carboxylic acids is 2. The molecule has 2 amide bonds. The molecule has 0 unspecified atom stereocenters. The second kappa shape index (κ2) is 7.78. The quantitative estimate of drug-likeness (QED) is 0.893. The van der Waals surface area contributed by atoms with Crippen molar-refractivity contribution in [3.63, 3.8) is 0 Å². The lowest BCUT2D eigenvalue weighted by Gasteiger charge is -2.21. The van der Waals surface area contributed by atoms with E-state index in [1.165, 1.54) is 4.88 Å². The molecule has 132 valence electrons. The summed E-state index contributed by atoms with van der Waals surface area (Å²) in [5, 5.41) is 3.03. The molecule has 2 heterocycles. The molecule has 1 atom stereocenters. The van der Waals surface area contributed by atoms with E-state index >= 15 is 0 Å². The Morgan fingerprint density at radius 2 is 2.20 bits per heavy atom. The van der Waals surface area contributed by atoms with E-state index < -0.39 is 0 Å². The van der Waals surface area contributed by atoms with Crippen LogP contribution in [0.4, 0.5) is 0 Å². The van der Waals surface area contributed by atoms with Crippen LogP contribution in [0, 0.1) is 5.92 Å². The zero-order chi connectivity index (χ0) is 17.8. The highest BCUT2D eigenvalue weighted by molar-refractivity contribution is 7.14. The fourth-order valence-electron chi connectivity index (χ4n) is 3.08. The highest BCUT2D eigenvalue weighted by Gasteiger charge is 2.27. The SMILES string of the molecule is CN(C)C(=O)c1cc2c(s1)CC[C@H](C(=O)NCCc1ccccn1)C2. The minimum atomic E-state index is -0.00635. The van der Waals surface area contributed by atoms with Gasteiger partial charge in [-0.3, -0.25) is 14.6 Å². The fraction of sp³-hybridized carbons (Fsp3) is 0.421. The van der Waals surface area contributed by atoms with Gasteiger partial charge in [0.2, 0.25) is 5.91 Å². The third-order valence-corrected chi connectivity index (χ3v) is 5.70. The minimum Gasteiger partial charge on any atom is -0.355 e. The normalized spacial score (nSPS) is 16.2. The summed E-state index contributed by atoms with van der Waals surface area (Å²) in [6.07, 6.45) is 4.95. The largest absolute Gasteiger partial charge is 0.355 e. The number of aryl methyl sites for hydroxylation is 1. The fourth-order valence-corrected chi connectivity index (χ4v) is 4.31. The van der Waals surface area contributed by atoms with Crippen LogP contribution in [0.1, 0.15) is 32.2 Å². The first kappa shape index (κ1) is 17.6. The smallest absolute Gasteiger partial charge is 0.263 e. The number of amides is 2. The summed E-state index contributed by atoms with van der Waals surface area (Å²) in [6, 6.07) is 7.77. The number of nitrogens with one attached hydrogen (secondary N) is 1. The number of fused-ring (bicyclic) bond motifs is 1. The summed E-state index contributed by atoms with van der Waals surface area (Å²) in [4.78, 5) is 32.4. The molecule has 0 aliphatic heterocycles. The van der Waals surface area contributed by atoms with Gasteiger partial charge in [0.1, 0.15) is 0 Å². The lowest BCUT2D eigenvalue weighted by atomic mass is 9.87. The van der Waals surface area contributed by atoms with Gasteiger partial charge >= 0.3 is 0 Å². The number of aromatic nitrogens is 1. The standard InChI is InChI=1S/C19H23N3O2S/c1-22(2)19(24)17-12-14-11-13(6-7-16(14)25-17)18(23)21-10-8-15-5-3-4-9-20-15/h3-5,9,12-13H,6-8,10-11H2,1-2H3,(H,21,23)/t13-/m0/s1. The molecule has 0 radical (unpaired) electrons. The van der Waals surface area contributed by atoms with Crippen molar-refractivity contribution in [1.29, 1.82) is 0 Å². The molecule has 1 aliphatic carbocycles. The van der Waals surface area contributed by atoms with E-state index in [2.05, 4.69) is 10.3 Å². The molecule has 2 aromatic rings. The van der Waals surface area contributed by atoms with Gasteiger partial charge < -0.3 is 10.2 Å². The maximum atomic E-state index is 12.4. The van der Waals surface area contributed by atoms with Gasteiger partial charge in [0.25, 0.3) is 5.91 Å². The Hall–Kier alpha value is -2.21. The Balaban J connectivity index is 1.55. The molecule has 0 bridgehead atoms. The summed E-state index contributed by atoms with van der Waals surface area (Å²) < 4.78 is 0. The van der Waals surface area contributed by atoms with Crippen molar-refractivity contribution in [2.24, 2.45) is 5.92 Å². The first-order chi connectivity index (χ1) is 12.0. The van der Waals surface area contributed by atoms with Crippen molar-refractivity contribution in [2.45, 2.75) is 25.7 Å². The molecule has 3 rings (SSSR count). The molecule has 1 N–H and O–H groups in total. The number of hydrogen-bond acceptors (Lipinski definition) is 4. The number of rotatable bonds is 5. The summed E-state index contributed by atoms with van der Waals surface area (Å²) in [5.74, 6) is 0.136. The van der Waals surface area contributed by atoms with Crippen LogP contribution in [0.3, 0.4) is 0 Å². The maximum Gasteiger partial charge on any atom is 0.263 e. The van der Waals surface area contributed by atoms with E-state index in [1.807, 2.05) is 24.3 Å². The first-order valence-corrected chi connectivity index (χ1v) is 9.37. The van der Waals surface area contributed by atoms with Gasteiger partial charge in [0.15, 0.2) is 0 Å². The number of thiophene rings is 1. The molecule has 25 heavy (non-hydrogen) atoms. The number of nitrogens with zero attached hydrogens (tertiary/aromatic N) is 2. The van der Waals surface area contributed by atoms with Crippen LogP contribution in [0.15, 0.2) is 30.5 Å². The molecule has 6 heteroatoms. The highest BCUT2D eigenvalue weighted by Crippen LogP contribution is 2.32. The summed E-state index contributed by atoms with van der Waals surface area (Å²) in [6.45, 7) is 0.604. The Morgan fingerprint density at radius 3 is 2.92 bits per heavy atom. The third kappa shape index (κ3) is 4.25. The molecule has 0 saturated heterocycles. The average molecular weight is 357 g/mol. The predicted molar refractivity (Wildman–Crippen MR) is 98.8 cm³/mol. The number of hydrogen-bond donors (Lipinski definition) is 1. The van der Waals surface area contributed by atoms with Crippen LogP contribution in [0.2, 0.25) is 0 Å². The minimum absolute atomic E-state index is 0.00635.